The summed E-state index contributed by atoms with van der Waals surface area (Å²) in [5, 5.41) is 13.8. The van der Waals surface area contributed by atoms with Crippen LogP contribution >= 0.6 is 11.6 Å². The molecular weight excluding hydrogens is 446 g/mol. The number of hydrogen-bond acceptors (Lipinski definition) is 5. The Balaban J connectivity index is 1.83. The third kappa shape index (κ3) is 5.11. The molecule has 3 rings (SSSR count). The number of rotatable bonds is 9. The monoisotopic (exact) mass is 466 g/mol. The maximum atomic E-state index is 12.6. The summed E-state index contributed by atoms with van der Waals surface area (Å²) in [6.45, 7) is -0.127. The number of para-hydroxylation sites is 1. The quantitative estimate of drug-likeness (QED) is 0.480. The Bertz CT molecular complexity index is 1110. The van der Waals surface area contributed by atoms with Crippen molar-refractivity contribution in [2.75, 3.05) is 6.61 Å². The van der Waals surface area contributed by atoms with Crippen molar-refractivity contribution in [3.8, 4) is 28.6 Å². The van der Waals surface area contributed by atoms with Gasteiger partial charge in [0.25, 0.3) is 0 Å². The van der Waals surface area contributed by atoms with Gasteiger partial charge in [0.2, 0.25) is 11.5 Å². The number of nitrogens with zero attached hydrogens (tertiary/aromatic N) is 2. The van der Waals surface area contributed by atoms with E-state index in [1.54, 1.807) is 49.4 Å². The molecule has 1 heterocycles. The van der Waals surface area contributed by atoms with E-state index >= 15 is 0 Å². The first kappa shape index (κ1) is 23.3. The van der Waals surface area contributed by atoms with E-state index in [2.05, 4.69) is 9.84 Å². The van der Waals surface area contributed by atoms with Gasteiger partial charge in [0.15, 0.2) is 0 Å². The van der Waals surface area contributed by atoms with Crippen molar-refractivity contribution in [1.29, 1.82) is 0 Å². The van der Waals surface area contributed by atoms with Gasteiger partial charge < -0.3 is 19.3 Å². The number of aliphatic carboxylic acids is 1. The van der Waals surface area contributed by atoms with Crippen LogP contribution in [-0.2, 0) is 11.8 Å². The molecule has 32 heavy (non-hydrogen) atoms. The zero-order valence-electron chi connectivity index (χ0n) is 17.5. The first-order valence-corrected chi connectivity index (χ1v) is 9.87. The predicted molar refractivity (Wildman–Crippen MR) is 114 cm³/mol. The molecule has 1 unspecified atom stereocenters. The van der Waals surface area contributed by atoms with Crippen LogP contribution in [-0.4, -0.2) is 39.7 Å². The summed E-state index contributed by atoms with van der Waals surface area (Å²) >= 11 is 6.20. The average molecular weight is 467 g/mol. The topological polar surface area (TPSA) is 82.8 Å². The molecule has 1 aromatic heterocycles. The van der Waals surface area contributed by atoms with Crippen LogP contribution in [0.2, 0.25) is 5.02 Å². The summed E-state index contributed by atoms with van der Waals surface area (Å²) in [6.07, 6.45) is 0. The molecule has 10 heteroatoms. The lowest BCUT2D eigenvalue weighted by atomic mass is 10.0. The average Bonchev–Trinajstić information content (AvgIpc) is 3.01. The normalized spacial score (nSPS) is 13.0. The van der Waals surface area contributed by atoms with Crippen molar-refractivity contribution in [3.05, 3.63) is 59.1 Å². The van der Waals surface area contributed by atoms with Gasteiger partial charge in [-0.15, -0.1) is 0 Å². The lowest BCUT2D eigenvalue weighted by Gasteiger charge is -2.26. The van der Waals surface area contributed by atoms with Crippen molar-refractivity contribution < 1.29 is 32.9 Å². The minimum atomic E-state index is -3.04. The summed E-state index contributed by atoms with van der Waals surface area (Å²) in [5.74, 6) is -0.657. The number of ether oxygens (including phenoxy) is 3. The van der Waals surface area contributed by atoms with Gasteiger partial charge in [-0.25, -0.2) is 9.48 Å². The Morgan fingerprint density at radius 3 is 2.50 bits per heavy atom. The number of carboxylic acids is 1. The minimum absolute atomic E-state index is 0.0591. The Labute approximate surface area is 188 Å². The lowest BCUT2D eigenvalue weighted by Crippen LogP contribution is -2.47. The van der Waals surface area contributed by atoms with Crippen LogP contribution in [0.15, 0.2) is 48.5 Å². The SMILES string of the molecule is Cc1cc(OC(C)(COc2ccccc2)C(=O)O)ccc1-c1nn(C)c(OC(F)F)c1Cl. The van der Waals surface area contributed by atoms with Crippen LogP contribution in [0.1, 0.15) is 12.5 Å². The van der Waals surface area contributed by atoms with Gasteiger partial charge in [-0.1, -0.05) is 29.8 Å². The Morgan fingerprint density at radius 2 is 1.91 bits per heavy atom. The van der Waals surface area contributed by atoms with Gasteiger partial charge in [0, 0.05) is 12.6 Å². The molecule has 0 radical (unpaired) electrons. The third-order valence-electron chi connectivity index (χ3n) is 4.65. The number of aryl methyl sites for hydroxylation is 2. The van der Waals surface area contributed by atoms with Gasteiger partial charge in [0.05, 0.1) is 0 Å². The van der Waals surface area contributed by atoms with Gasteiger partial charge in [-0.05, 0) is 49.7 Å². The number of aromatic nitrogens is 2. The van der Waals surface area contributed by atoms with Gasteiger partial charge in [0.1, 0.15) is 28.8 Å². The Kier molecular flexibility index (Phi) is 6.88. The van der Waals surface area contributed by atoms with Crippen LogP contribution in [0, 0.1) is 6.92 Å². The van der Waals surface area contributed by atoms with Crippen LogP contribution in [0.5, 0.6) is 17.4 Å². The number of carbonyl (C=O) groups is 1. The van der Waals surface area contributed by atoms with Gasteiger partial charge >= 0.3 is 12.6 Å². The fourth-order valence-corrected chi connectivity index (χ4v) is 3.27. The molecule has 0 saturated heterocycles. The first-order chi connectivity index (χ1) is 15.1. The van der Waals surface area contributed by atoms with Crippen LogP contribution in [0.25, 0.3) is 11.3 Å². The molecule has 0 spiro atoms. The van der Waals surface area contributed by atoms with Gasteiger partial charge in [-0.2, -0.15) is 13.9 Å². The molecule has 0 aliphatic rings. The molecule has 0 aliphatic heterocycles. The number of benzene rings is 2. The maximum Gasteiger partial charge on any atom is 0.388 e. The molecule has 2 aromatic carbocycles. The van der Waals surface area contributed by atoms with E-state index in [-0.39, 0.29) is 29.0 Å². The molecule has 1 atom stereocenters. The lowest BCUT2D eigenvalue weighted by molar-refractivity contribution is -0.156. The van der Waals surface area contributed by atoms with E-state index in [0.717, 1.165) is 4.68 Å². The predicted octanol–water partition coefficient (Wildman–Crippen LogP) is 4.95. The minimum Gasteiger partial charge on any atom is -0.489 e. The highest BCUT2D eigenvalue weighted by atomic mass is 35.5. The highest BCUT2D eigenvalue weighted by Crippen LogP contribution is 2.38. The summed E-state index contributed by atoms with van der Waals surface area (Å²) in [6, 6.07) is 13.6. The largest absolute Gasteiger partial charge is 0.489 e. The fraction of sp³-hybridized carbons (Fsp3) is 0.273. The smallest absolute Gasteiger partial charge is 0.388 e. The molecule has 0 aliphatic carbocycles. The van der Waals surface area contributed by atoms with Crippen LogP contribution < -0.4 is 14.2 Å². The van der Waals surface area contributed by atoms with E-state index in [1.807, 2.05) is 6.07 Å². The van der Waals surface area contributed by atoms with Crippen molar-refractivity contribution in [2.24, 2.45) is 7.05 Å². The molecule has 7 nitrogen and oxygen atoms in total. The first-order valence-electron chi connectivity index (χ1n) is 9.49. The maximum absolute atomic E-state index is 12.6. The highest BCUT2D eigenvalue weighted by Gasteiger charge is 2.37. The zero-order valence-corrected chi connectivity index (χ0v) is 18.3. The summed E-state index contributed by atoms with van der Waals surface area (Å²) in [7, 11) is 1.44. The Hall–Kier alpha value is -3.33. The Morgan fingerprint density at radius 1 is 1.22 bits per heavy atom. The molecule has 3 aromatic rings. The highest BCUT2D eigenvalue weighted by molar-refractivity contribution is 6.34. The fourth-order valence-electron chi connectivity index (χ4n) is 2.97. The van der Waals surface area contributed by atoms with E-state index in [9.17, 15) is 18.7 Å². The van der Waals surface area contributed by atoms with Crippen molar-refractivity contribution in [2.45, 2.75) is 26.1 Å². The van der Waals surface area contributed by atoms with E-state index < -0.39 is 18.2 Å². The molecule has 0 fully saturated rings. The van der Waals surface area contributed by atoms with Crippen LogP contribution in [0.4, 0.5) is 8.78 Å². The molecule has 170 valence electrons. The summed E-state index contributed by atoms with van der Waals surface area (Å²) < 4.78 is 42.1. The van der Waals surface area contributed by atoms with Crippen LogP contribution in [0.3, 0.4) is 0 Å². The standard InChI is InChI=1S/C22H21ClF2N2O5/c1-13-11-15(32-22(2,20(28)29)12-30-14-7-5-4-6-8-14)9-10-16(13)18-17(23)19(27(3)26-18)31-21(24)25/h4-11,21H,12H2,1-3H3,(H,28,29). The number of alkyl halides is 2. The van der Waals surface area contributed by atoms with Crippen molar-refractivity contribution in [1.82, 2.24) is 9.78 Å². The van der Waals surface area contributed by atoms with Gasteiger partial charge in [-0.3, -0.25) is 0 Å². The second-order valence-electron chi connectivity index (χ2n) is 7.19. The molecule has 0 amide bonds. The molecule has 1 N–H and O–H groups in total. The molecular formula is C22H21ClF2N2O5. The second kappa shape index (κ2) is 9.44. The van der Waals surface area contributed by atoms with E-state index in [1.165, 1.54) is 14.0 Å². The second-order valence-corrected chi connectivity index (χ2v) is 7.56. The van der Waals surface area contributed by atoms with Crippen molar-refractivity contribution in [3.63, 3.8) is 0 Å². The van der Waals surface area contributed by atoms with Crippen molar-refractivity contribution >= 4 is 17.6 Å². The third-order valence-corrected chi connectivity index (χ3v) is 4.99. The summed E-state index contributed by atoms with van der Waals surface area (Å²) in [5.41, 5.74) is -0.213. The van der Waals surface area contributed by atoms with E-state index in [4.69, 9.17) is 21.1 Å². The van der Waals surface area contributed by atoms with E-state index in [0.29, 0.717) is 16.9 Å². The zero-order chi connectivity index (χ0) is 23.5. The molecule has 0 bridgehead atoms. The number of carboxylic acid groups (broad SMARTS) is 1. The number of halogens is 3. The summed E-state index contributed by atoms with van der Waals surface area (Å²) in [4.78, 5) is 11.9. The molecule has 0 saturated carbocycles. The number of hydrogen-bond donors (Lipinski definition) is 1.